The van der Waals surface area contributed by atoms with E-state index in [1.54, 1.807) is 17.2 Å². The first-order valence-electron chi connectivity index (χ1n) is 8.79. The quantitative estimate of drug-likeness (QED) is 0.737. The first-order chi connectivity index (χ1) is 13.1. The molecule has 27 heavy (non-hydrogen) atoms. The molecule has 0 fully saturated rings. The molecule has 0 bridgehead atoms. The van der Waals surface area contributed by atoms with Crippen molar-refractivity contribution in [1.82, 2.24) is 34.8 Å². The third-order valence-corrected chi connectivity index (χ3v) is 4.60. The van der Waals surface area contributed by atoms with Crippen molar-refractivity contribution in [2.75, 3.05) is 6.54 Å². The van der Waals surface area contributed by atoms with Crippen molar-refractivity contribution < 1.29 is 4.79 Å². The molecule has 1 amide bonds. The summed E-state index contributed by atoms with van der Waals surface area (Å²) in [6.07, 6.45) is 2.53. The molecule has 0 radical (unpaired) electrons. The van der Waals surface area contributed by atoms with E-state index >= 15 is 0 Å². The van der Waals surface area contributed by atoms with Crippen LogP contribution in [0.5, 0.6) is 0 Å². The number of amides is 1. The first kappa shape index (κ1) is 17.1. The third kappa shape index (κ3) is 3.48. The lowest BCUT2D eigenvalue weighted by molar-refractivity contribution is -0.133. The number of nitrogens with one attached hydrogen (secondary N) is 1. The Balaban J connectivity index is 1.47. The summed E-state index contributed by atoms with van der Waals surface area (Å²) in [6, 6.07) is 8.78. The van der Waals surface area contributed by atoms with Gasteiger partial charge in [-0.1, -0.05) is 6.07 Å². The minimum atomic E-state index is -0.252. The fraction of sp³-hybridized carbons (Fsp3) is 0.333. The zero-order valence-electron chi connectivity index (χ0n) is 14.9. The van der Waals surface area contributed by atoms with Crippen LogP contribution < -0.4 is 5.56 Å². The van der Waals surface area contributed by atoms with E-state index in [2.05, 4.69) is 29.9 Å². The second-order valence-electron chi connectivity index (χ2n) is 6.56. The minimum absolute atomic E-state index is 0.0310. The van der Waals surface area contributed by atoms with Crippen LogP contribution in [0.3, 0.4) is 0 Å². The van der Waals surface area contributed by atoms with E-state index < -0.39 is 0 Å². The predicted octanol–water partition coefficient (Wildman–Crippen LogP) is 0.959. The second kappa shape index (κ2) is 7.10. The molecule has 3 aromatic heterocycles. The molecule has 0 aliphatic carbocycles. The molecule has 0 saturated carbocycles. The predicted molar refractivity (Wildman–Crippen MR) is 96.6 cm³/mol. The molecule has 1 aliphatic heterocycles. The van der Waals surface area contributed by atoms with E-state index in [-0.39, 0.29) is 17.5 Å². The van der Waals surface area contributed by atoms with Crippen LogP contribution in [0, 0.1) is 0 Å². The molecule has 0 spiro atoms. The van der Waals surface area contributed by atoms with Crippen molar-refractivity contribution in [3.8, 4) is 11.5 Å². The van der Waals surface area contributed by atoms with E-state index in [9.17, 15) is 9.59 Å². The molecule has 9 nitrogen and oxygen atoms in total. The largest absolute Gasteiger partial charge is 0.333 e. The Kier molecular flexibility index (Phi) is 4.49. The van der Waals surface area contributed by atoms with Crippen LogP contribution >= 0.6 is 0 Å². The van der Waals surface area contributed by atoms with Gasteiger partial charge in [0.1, 0.15) is 5.69 Å². The van der Waals surface area contributed by atoms with Crippen molar-refractivity contribution in [1.29, 1.82) is 0 Å². The molecular formula is C18H19N7O2. The normalized spacial score (nSPS) is 16.2. The lowest BCUT2D eigenvalue weighted by Gasteiger charge is -2.32. The molecule has 1 aliphatic rings. The number of H-pyrrole nitrogens is 1. The summed E-state index contributed by atoms with van der Waals surface area (Å²) in [7, 11) is 0. The van der Waals surface area contributed by atoms with Gasteiger partial charge in [0, 0.05) is 31.6 Å². The van der Waals surface area contributed by atoms with Crippen molar-refractivity contribution in [3.63, 3.8) is 0 Å². The number of aromatic amines is 1. The molecule has 0 aromatic carbocycles. The van der Waals surface area contributed by atoms with E-state index in [1.807, 2.05) is 25.1 Å². The molecule has 0 unspecified atom stereocenters. The van der Waals surface area contributed by atoms with Crippen LogP contribution in [0.1, 0.15) is 30.9 Å². The third-order valence-electron chi connectivity index (χ3n) is 4.60. The zero-order valence-corrected chi connectivity index (χ0v) is 14.9. The van der Waals surface area contributed by atoms with Crippen molar-refractivity contribution >= 4 is 5.91 Å². The summed E-state index contributed by atoms with van der Waals surface area (Å²) >= 11 is 0. The topological polar surface area (TPSA) is 110 Å². The maximum atomic E-state index is 12.6. The average molecular weight is 365 g/mol. The van der Waals surface area contributed by atoms with Crippen molar-refractivity contribution in [2.24, 2.45) is 0 Å². The fourth-order valence-electron chi connectivity index (χ4n) is 3.30. The van der Waals surface area contributed by atoms with Crippen LogP contribution in [-0.2, 0) is 17.8 Å². The number of carbonyl (C=O) groups excluding carboxylic acids is 1. The van der Waals surface area contributed by atoms with Crippen LogP contribution in [0.25, 0.3) is 11.5 Å². The van der Waals surface area contributed by atoms with Gasteiger partial charge in [-0.05, 0) is 25.1 Å². The van der Waals surface area contributed by atoms with Crippen LogP contribution in [0.2, 0.25) is 0 Å². The first-order valence-corrected chi connectivity index (χ1v) is 8.79. The number of hydrogen-bond donors (Lipinski definition) is 1. The molecule has 138 valence electrons. The number of pyridine rings is 1. The summed E-state index contributed by atoms with van der Waals surface area (Å²) in [5.41, 5.74) is 1.21. The molecule has 4 heterocycles. The minimum Gasteiger partial charge on any atom is -0.333 e. The van der Waals surface area contributed by atoms with Crippen LogP contribution in [-0.4, -0.2) is 47.3 Å². The van der Waals surface area contributed by atoms with Crippen molar-refractivity contribution in [3.05, 3.63) is 58.4 Å². The maximum absolute atomic E-state index is 12.6. The summed E-state index contributed by atoms with van der Waals surface area (Å²) < 4.78 is 2.05. The number of nitrogens with zero attached hydrogens (tertiary/aromatic N) is 6. The molecule has 0 saturated heterocycles. The summed E-state index contributed by atoms with van der Waals surface area (Å²) in [5, 5.41) is 14.9. The van der Waals surface area contributed by atoms with Gasteiger partial charge >= 0.3 is 0 Å². The number of aromatic nitrogens is 6. The SMILES string of the molecule is C[C@H]1CN(C(=O)CCc2ccc(=O)[nH]n2)Cc2nnc(-c3ccccn3)n21. The summed E-state index contributed by atoms with van der Waals surface area (Å²) in [4.78, 5) is 29.8. The van der Waals surface area contributed by atoms with Gasteiger partial charge in [-0.3, -0.25) is 14.6 Å². The number of carbonyl (C=O) groups is 1. The number of rotatable bonds is 4. The Morgan fingerprint density at radius 2 is 2.15 bits per heavy atom. The second-order valence-corrected chi connectivity index (χ2v) is 6.56. The van der Waals surface area contributed by atoms with Gasteiger partial charge in [-0.2, -0.15) is 5.10 Å². The molecule has 1 atom stereocenters. The van der Waals surface area contributed by atoms with Gasteiger partial charge in [-0.25, -0.2) is 5.10 Å². The summed E-state index contributed by atoms with van der Waals surface area (Å²) in [5.74, 6) is 1.51. The Bertz CT molecular complexity index is 992. The number of aryl methyl sites for hydroxylation is 1. The molecule has 3 aromatic rings. The standard InChI is InChI=1S/C18H19N7O2/c1-12-10-24(17(27)8-6-13-5-7-16(26)22-20-13)11-15-21-23-18(25(12)15)14-4-2-3-9-19-14/h2-5,7,9,12H,6,8,10-11H2,1H3,(H,22,26)/t12-/m0/s1. The highest BCUT2D eigenvalue weighted by Gasteiger charge is 2.29. The smallest absolute Gasteiger partial charge is 0.264 e. The monoisotopic (exact) mass is 365 g/mol. The highest BCUT2D eigenvalue weighted by Crippen LogP contribution is 2.26. The lowest BCUT2D eigenvalue weighted by Crippen LogP contribution is -2.40. The van der Waals surface area contributed by atoms with Gasteiger partial charge in [0.15, 0.2) is 11.6 Å². The van der Waals surface area contributed by atoms with E-state index in [0.29, 0.717) is 31.6 Å². The highest BCUT2D eigenvalue weighted by molar-refractivity contribution is 5.76. The molecular weight excluding hydrogens is 346 g/mol. The van der Waals surface area contributed by atoms with Crippen LogP contribution in [0.4, 0.5) is 0 Å². The van der Waals surface area contributed by atoms with E-state index in [0.717, 1.165) is 17.3 Å². The number of fused-ring (bicyclic) bond motifs is 1. The van der Waals surface area contributed by atoms with E-state index in [1.165, 1.54) is 6.07 Å². The Morgan fingerprint density at radius 1 is 1.26 bits per heavy atom. The Morgan fingerprint density at radius 3 is 2.89 bits per heavy atom. The molecule has 1 N–H and O–H groups in total. The van der Waals surface area contributed by atoms with Crippen LogP contribution in [0.15, 0.2) is 41.3 Å². The number of hydrogen-bond acceptors (Lipinski definition) is 6. The molecule has 4 rings (SSSR count). The Hall–Kier alpha value is -3.36. The molecule has 9 heteroatoms. The lowest BCUT2D eigenvalue weighted by atomic mass is 10.1. The van der Waals surface area contributed by atoms with E-state index in [4.69, 9.17) is 0 Å². The highest BCUT2D eigenvalue weighted by atomic mass is 16.2. The van der Waals surface area contributed by atoms with Gasteiger partial charge in [0.2, 0.25) is 5.91 Å². The van der Waals surface area contributed by atoms with Gasteiger partial charge in [-0.15, -0.1) is 10.2 Å². The van der Waals surface area contributed by atoms with Gasteiger partial charge in [0.05, 0.1) is 18.3 Å². The zero-order chi connectivity index (χ0) is 18.8. The van der Waals surface area contributed by atoms with Gasteiger partial charge in [0.25, 0.3) is 5.56 Å². The fourth-order valence-corrected chi connectivity index (χ4v) is 3.30. The van der Waals surface area contributed by atoms with Gasteiger partial charge < -0.3 is 9.47 Å². The Labute approximate surface area is 155 Å². The summed E-state index contributed by atoms with van der Waals surface area (Å²) in [6.45, 7) is 3.05. The van der Waals surface area contributed by atoms with Crippen molar-refractivity contribution in [2.45, 2.75) is 32.4 Å². The maximum Gasteiger partial charge on any atom is 0.264 e. The average Bonchev–Trinajstić information content (AvgIpc) is 3.12.